The molecule has 1 saturated heterocycles. The van der Waals surface area contributed by atoms with Crippen molar-refractivity contribution in [3.05, 3.63) is 29.6 Å². The Morgan fingerprint density at radius 2 is 2.35 bits per heavy atom. The zero-order chi connectivity index (χ0) is 11.8. The summed E-state index contributed by atoms with van der Waals surface area (Å²) >= 11 is 0. The Bertz CT molecular complexity index is 464. The summed E-state index contributed by atoms with van der Waals surface area (Å²) in [5, 5.41) is 3.27. The van der Waals surface area contributed by atoms with E-state index >= 15 is 0 Å². The third kappa shape index (κ3) is 1.76. The van der Waals surface area contributed by atoms with Gasteiger partial charge >= 0.3 is 6.09 Å². The molecule has 2 heterocycles. The number of cyclic esters (lactones) is 1. The van der Waals surface area contributed by atoms with Gasteiger partial charge in [0.05, 0.1) is 11.7 Å². The molecule has 1 amide bonds. The van der Waals surface area contributed by atoms with Crippen LogP contribution in [0.15, 0.2) is 18.2 Å². The lowest BCUT2D eigenvalue weighted by molar-refractivity contribution is 0.178. The van der Waals surface area contributed by atoms with E-state index in [4.69, 9.17) is 4.74 Å². The number of carbonyl (C=O) groups excluding carboxylic acids is 1. The van der Waals surface area contributed by atoms with Crippen molar-refractivity contribution >= 4 is 11.8 Å². The smallest absolute Gasteiger partial charge is 0.414 e. The molecule has 1 unspecified atom stereocenters. The van der Waals surface area contributed by atoms with Crippen molar-refractivity contribution in [3.8, 4) is 0 Å². The van der Waals surface area contributed by atoms with E-state index < -0.39 is 0 Å². The van der Waals surface area contributed by atoms with E-state index in [9.17, 15) is 9.18 Å². The molecule has 2 aliphatic rings. The summed E-state index contributed by atoms with van der Waals surface area (Å²) < 4.78 is 18.4. The maximum absolute atomic E-state index is 13.3. The molecule has 0 aliphatic carbocycles. The van der Waals surface area contributed by atoms with Crippen LogP contribution in [0.3, 0.4) is 0 Å². The number of amides is 1. The van der Waals surface area contributed by atoms with Gasteiger partial charge in [0.15, 0.2) is 0 Å². The maximum Gasteiger partial charge on any atom is 0.414 e. The van der Waals surface area contributed by atoms with Gasteiger partial charge in [0.25, 0.3) is 0 Å². The summed E-state index contributed by atoms with van der Waals surface area (Å²) in [5.74, 6) is -0.331. The predicted octanol–water partition coefficient (Wildman–Crippen LogP) is 1.64. The number of nitrogens with zero attached hydrogens (tertiary/aromatic N) is 1. The first kappa shape index (κ1) is 10.5. The molecule has 3 rings (SSSR count). The quantitative estimate of drug-likeness (QED) is 0.744. The van der Waals surface area contributed by atoms with E-state index in [2.05, 4.69) is 5.32 Å². The van der Waals surface area contributed by atoms with Gasteiger partial charge in [-0.05, 0) is 30.7 Å². The second-order valence-corrected chi connectivity index (χ2v) is 4.34. The van der Waals surface area contributed by atoms with E-state index in [1.807, 2.05) is 0 Å². The van der Waals surface area contributed by atoms with Crippen molar-refractivity contribution in [1.29, 1.82) is 0 Å². The molecule has 17 heavy (non-hydrogen) atoms. The van der Waals surface area contributed by atoms with E-state index in [0.29, 0.717) is 18.8 Å². The van der Waals surface area contributed by atoms with E-state index in [1.54, 1.807) is 11.0 Å². The van der Waals surface area contributed by atoms with Crippen molar-refractivity contribution in [2.45, 2.75) is 19.0 Å². The zero-order valence-corrected chi connectivity index (χ0v) is 9.28. The maximum atomic E-state index is 13.3. The van der Waals surface area contributed by atoms with Gasteiger partial charge in [0, 0.05) is 6.54 Å². The summed E-state index contributed by atoms with van der Waals surface area (Å²) in [6.07, 6.45) is 0.450. The van der Waals surface area contributed by atoms with Crippen LogP contribution in [0.25, 0.3) is 0 Å². The number of anilines is 1. The number of fused-ring (bicyclic) bond motifs is 3. The first-order valence-electron chi connectivity index (χ1n) is 5.71. The van der Waals surface area contributed by atoms with Crippen molar-refractivity contribution in [2.75, 3.05) is 18.1 Å². The van der Waals surface area contributed by atoms with Gasteiger partial charge in [0.1, 0.15) is 12.4 Å². The highest BCUT2D eigenvalue weighted by atomic mass is 19.1. The number of carbonyl (C=O) groups is 1. The lowest BCUT2D eigenvalue weighted by Crippen LogP contribution is -2.38. The van der Waals surface area contributed by atoms with Crippen LogP contribution in [-0.2, 0) is 11.3 Å². The van der Waals surface area contributed by atoms with Gasteiger partial charge in [-0.2, -0.15) is 0 Å². The van der Waals surface area contributed by atoms with Gasteiger partial charge in [-0.25, -0.2) is 9.18 Å². The van der Waals surface area contributed by atoms with Crippen LogP contribution in [0.1, 0.15) is 12.0 Å². The minimum Gasteiger partial charge on any atom is -0.447 e. The predicted molar refractivity (Wildman–Crippen MR) is 60.3 cm³/mol. The fraction of sp³-hybridized carbons (Fsp3) is 0.417. The molecule has 5 heteroatoms. The molecular weight excluding hydrogens is 223 g/mol. The Hall–Kier alpha value is -1.62. The van der Waals surface area contributed by atoms with Crippen LogP contribution in [0.5, 0.6) is 0 Å². The van der Waals surface area contributed by atoms with Crippen molar-refractivity contribution < 1.29 is 13.9 Å². The third-order valence-corrected chi connectivity index (χ3v) is 3.24. The molecule has 4 nitrogen and oxygen atoms in total. The normalized spacial score (nSPS) is 23.5. The fourth-order valence-corrected chi connectivity index (χ4v) is 2.37. The highest BCUT2D eigenvalue weighted by Gasteiger charge is 2.35. The molecule has 0 aromatic heterocycles. The number of benzene rings is 1. The Morgan fingerprint density at radius 1 is 1.47 bits per heavy atom. The molecule has 0 bridgehead atoms. The van der Waals surface area contributed by atoms with Gasteiger partial charge in [-0.15, -0.1) is 0 Å². The summed E-state index contributed by atoms with van der Waals surface area (Å²) in [4.78, 5) is 13.3. The summed E-state index contributed by atoms with van der Waals surface area (Å²) in [7, 11) is 0. The standard InChI is InChI=1S/C12H13FN2O2/c13-9-2-1-8-6-14-4-3-10-7-17-12(16)15(10)11(8)5-9/h1-2,5,10,14H,3-4,6-7H2. The second kappa shape index (κ2) is 4.00. The zero-order valence-electron chi connectivity index (χ0n) is 9.28. The number of halogens is 1. The van der Waals surface area contributed by atoms with Crippen LogP contribution < -0.4 is 10.2 Å². The number of rotatable bonds is 0. The summed E-state index contributed by atoms with van der Waals surface area (Å²) in [6.45, 7) is 1.86. The molecule has 0 saturated carbocycles. The Morgan fingerprint density at radius 3 is 3.24 bits per heavy atom. The lowest BCUT2D eigenvalue weighted by atomic mass is 10.1. The molecule has 1 N–H and O–H groups in total. The van der Waals surface area contributed by atoms with Crippen LogP contribution >= 0.6 is 0 Å². The number of nitrogens with one attached hydrogen (secondary N) is 1. The molecule has 1 aromatic carbocycles. The molecule has 0 radical (unpaired) electrons. The number of hydrogen-bond acceptors (Lipinski definition) is 3. The topological polar surface area (TPSA) is 41.6 Å². The van der Waals surface area contributed by atoms with Gasteiger partial charge < -0.3 is 10.1 Å². The first-order valence-corrected chi connectivity index (χ1v) is 5.71. The van der Waals surface area contributed by atoms with Gasteiger partial charge in [0.2, 0.25) is 0 Å². The van der Waals surface area contributed by atoms with Crippen molar-refractivity contribution in [3.63, 3.8) is 0 Å². The third-order valence-electron chi connectivity index (χ3n) is 3.24. The molecular formula is C12H13FN2O2. The van der Waals surface area contributed by atoms with Crippen molar-refractivity contribution in [1.82, 2.24) is 5.32 Å². The van der Waals surface area contributed by atoms with Crippen LogP contribution in [-0.4, -0.2) is 25.3 Å². The molecule has 2 aliphatic heterocycles. The minimum atomic E-state index is -0.372. The number of hydrogen-bond donors (Lipinski definition) is 1. The highest BCUT2D eigenvalue weighted by Crippen LogP contribution is 2.30. The average Bonchev–Trinajstić information content (AvgIpc) is 2.64. The van der Waals surface area contributed by atoms with Crippen LogP contribution in [0.4, 0.5) is 14.9 Å². The summed E-state index contributed by atoms with van der Waals surface area (Å²) in [5.41, 5.74) is 1.56. The van der Waals surface area contributed by atoms with Gasteiger partial charge in [-0.3, -0.25) is 4.90 Å². The molecule has 1 atom stereocenters. The summed E-state index contributed by atoms with van der Waals surface area (Å²) in [6, 6.07) is 4.54. The monoisotopic (exact) mass is 236 g/mol. The molecule has 0 spiro atoms. The SMILES string of the molecule is O=C1OCC2CCNCc3ccc(F)cc3N12. The largest absolute Gasteiger partial charge is 0.447 e. The molecule has 1 aromatic rings. The Kier molecular flexibility index (Phi) is 2.48. The van der Waals surface area contributed by atoms with Crippen LogP contribution in [0.2, 0.25) is 0 Å². The average molecular weight is 236 g/mol. The highest BCUT2D eigenvalue weighted by molar-refractivity contribution is 5.91. The fourth-order valence-electron chi connectivity index (χ4n) is 2.37. The van der Waals surface area contributed by atoms with Crippen molar-refractivity contribution in [2.24, 2.45) is 0 Å². The molecule has 90 valence electrons. The second-order valence-electron chi connectivity index (χ2n) is 4.34. The first-order chi connectivity index (χ1) is 8.25. The molecule has 1 fully saturated rings. The Labute approximate surface area is 98.4 Å². The van der Waals surface area contributed by atoms with E-state index in [0.717, 1.165) is 18.5 Å². The lowest BCUT2D eigenvalue weighted by Gasteiger charge is -2.26. The van der Waals surface area contributed by atoms with E-state index in [-0.39, 0.29) is 18.0 Å². The number of ether oxygens (including phenoxy) is 1. The minimum absolute atomic E-state index is 0.0100. The van der Waals surface area contributed by atoms with E-state index in [1.165, 1.54) is 12.1 Å². The van der Waals surface area contributed by atoms with Gasteiger partial charge in [-0.1, -0.05) is 6.07 Å². The Balaban J connectivity index is 2.09. The van der Waals surface area contributed by atoms with Crippen LogP contribution in [0, 0.1) is 5.82 Å².